The number of nitrogen functional groups attached to an aromatic ring is 2. The zero-order valence-corrected chi connectivity index (χ0v) is 10.5. The molecule has 0 radical (unpaired) electrons. The van der Waals surface area contributed by atoms with Gasteiger partial charge in [0.25, 0.3) is 0 Å². The van der Waals surface area contributed by atoms with Gasteiger partial charge in [-0.1, -0.05) is 22.9 Å². The molecule has 2 rings (SSSR count). The van der Waals surface area contributed by atoms with Crippen LogP contribution in [-0.4, -0.2) is 15.0 Å². The summed E-state index contributed by atoms with van der Waals surface area (Å²) in [5.41, 5.74) is 14.2. The maximum Gasteiger partial charge on any atom is 0.224 e. The first-order valence-corrected chi connectivity index (χ1v) is 6.05. The summed E-state index contributed by atoms with van der Waals surface area (Å²) >= 11 is 3.43. The van der Waals surface area contributed by atoms with E-state index in [1.807, 2.05) is 0 Å². The van der Waals surface area contributed by atoms with E-state index in [4.69, 9.17) is 11.5 Å². The van der Waals surface area contributed by atoms with Crippen LogP contribution in [-0.2, 0) is 11.8 Å². The Kier molecular flexibility index (Phi) is 2.91. The number of rotatable bonds is 2. The molecule has 0 saturated heterocycles. The Balaban J connectivity index is 2.86. The second kappa shape index (κ2) is 4.21. The zero-order chi connectivity index (χ0) is 11.7. The highest BCUT2D eigenvalue weighted by Crippen LogP contribution is 2.26. The van der Waals surface area contributed by atoms with Gasteiger partial charge in [-0.3, -0.25) is 0 Å². The van der Waals surface area contributed by atoms with E-state index >= 15 is 0 Å². The first kappa shape index (κ1) is 11.1. The third kappa shape index (κ3) is 1.69. The zero-order valence-electron chi connectivity index (χ0n) is 8.87. The summed E-state index contributed by atoms with van der Waals surface area (Å²) in [6.45, 7) is 2.07. The molecule has 0 aromatic carbocycles. The van der Waals surface area contributed by atoms with Crippen molar-refractivity contribution in [3.63, 3.8) is 0 Å². The molecule has 16 heavy (non-hydrogen) atoms. The fourth-order valence-electron chi connectivity index (χ4n) is 1.76. The number of nitrogens with zero attached hydrogens (tertiary/aromatic N) is 3. The summed E-state index contributed by atoms with van der Waals surface area (Å²) in [5, 5.41) is 1.55. The second-order valence-corrected chi connectivity index (χ2v) is 3.98. The van der Waals surface area contributed by atoms with E-state index in [1.165, 1.54) is 0 Å². The number of halogens is 1. The van der Waals surface area contributed by atoms with E-state index in [0.717, 1.165) is 28.3 Å². The lowest BCUT2D eigenvalue weighted by atomic mass is 10.0. The SMILES string of the molecule is CCc1c(CBr)cnc2nc(N)nc(N)c12. The molecule has 2 aromatic heterocycles. The maximum absolute atomic E-state index is 5.87. The molecule has 0 fully saturated rings. The normalized spacial score (nSPS) is 10.9. The van der Waals surface area contributed by atoms with Crippen molar-refractivity contribution in [1.82, 2.24) is 15.0 Å². The molecule has 6 heteroatoms. The molecule has 0 aliphatic rings. The monoisotopic (exact) mass is 281 g/mol. The van der Waals surface area contributed by atoms with Crippen molar-refractivity contribution in [3.05, 3.63) is 17.3 Å². The Labute approximate surface area is 101 Å². The average Bonchev–Trinajstić information content (AvgIpc) is 2.27. The predicted molar refractivity (Wildman–Crippen MR) is 68.2 cm³/mol. The molecule has 0 bridgehead atoms. The average molecular weight is 282 g/mol. The summed E-state index contributed by atoms with van der Waals surface area (Å²) in [6.07, 6.45) is 2.65. The van der Waals surface area contributed by atoms with Gasteiger partial charge in [0.1, 0.15) is 5.82 Å². The number of alkyl halides is 1. The summed E-state index contributed by atoms with van der Waals surface area (Å²) in [4.78, 5) is 12.3. The van der Waals surface area contributed by atoms with Crippen LogP contribution in [0.5, 0.6) is 0 Å². The maximum atomic E-state index is 5.87. The van der Waals surface area contributed by atoms with E-state index < -0.39 is 0 Å². The number of aryl methyl sites for hydroxylation is 1. The summed E-state index contributed by atoms with van der Waals surface area (Å²) < 4.78 is 0. The lowest BCUT2D eigenvalue weighted by molar-refractivity contribution is 1.09. The third-order valence-electron chi connectivity index (χ3n) is 2.46. The largest absolute Gasteiger partial charge is 0.383 e. The molecule has 0 atom stereocenters. The first-order valence-electron chi connectivity index (χ1n) is 4.92. The Morgan fingerprint density at radius 1 is 1.31 bits per heavy atom. The number of nitrogens with two attached hydrogens (primary N) is 2. The van der Waals surface area contributed by atoms with Crippen molar-refractivity contribution >= 4 is 38.7 Å². The molecule has 84 valence electrons. The Morgan fingerprint density at radius 3 is 2.69 bits per heavy atom. The molecule has 0 unspecified atom stereocenters. The van der Waals surface area contributed by atoms with Crippen molar-refractivity contribution in [2.75, 3.05) is 11.5 Å². The molecule has 0 spiro atoms. The van der Waals surface area contributed by atoms with E-state index in [-0.39, 0.29) is 5.95 Å². The van der Waals surface area contributed by atoms with Crippen LogP contribution in [0, 0.1) is 0 Å². The van der Waals surface area contributed by atoms with Crippen LogP contribution in [0.25, 0.3) is 11.0 Å². The van der Waals surface area contributed by atoms with Gasteiger partial charge >= 0.3 is 0 Å². The lowest BCUT2D eigenvalue weighted by Crippen LogP contribution is -2.05. The van der Waals surface area contributed by atoms with Crippen molar-refractivity contribution in [2.24, 2.45) is 0 Å². The van der Waals surface area contributed by atoms with Gasteiger partial charge in [-0.2, -0.15) is 9.97 Å². The minimum Gasteiger partial charge on any atom is -0.383 e. The van der Waals surface area contributed by atoms with Crippen LogP contribution in [0.2, 0.25) is 0 Å². The molecule has 2 aromatic rings. The van der Waals surface area contributed by atoms with Crippen LogP contribution in [0.15, 0.2) is 6.20 Å². The van der Waals surface area contributed by atoms with E-state index in [1.54, 1.807) is 6.20 Å². The van der Waals surface area contributed by atoms with Gasteiger partial charge in [0.15, 0.2) is 5.65 Å². The van der Waals surface area contributed by atoms with Gasteiger partial charge in [-0.15, -0.1) is 0 Å². The first-order chi connectivity index (χ1) is 7.67. The molecule has 4 N–H and O–H groups in total. The lowest BCUT2D eigenvalue weighted by Gasteiger charge is -2.10. The van der Waals surface area contributed by atoms with Gasteiger partial charge in [0, 0.05) is 11.5 Å². The van der Waals surface area contributed by atoms with Crippen molar-refractivity contribution in [3.8, 4) is 0 Å². The highest BCUT2D eigenvalue weighted by molar-refractivity contribution is 9.08. The quantitative estimate of drug-likeness (QED) is 0.817. The number of anilines is 2. The Morgan fingerprint density at radius 2 is 2.06 bits per heavy atom. The van der Waals surface area contributed by atoms with Crippen LogP contribution >= 0.6 is 15.9 Å². The fourth-order valence-corrected chi connectivity index (χ4v) is 2.25. The van der Waals surface area contributed by atoms with Crippen LogP contribution < -0.4 is 11.5 Å². The second-order valence-electron chi connectivity index (χ2n) is 3.41. The highest BCUT2D eigenvalue weighted by atomic mass is 79.9. The molecule has 5 nitrogen and oxygen atoms in total. The Bertz CT molecular complexity index is 540. The van der Waals surface area contributed by atoms with Gasteiger partial charge in [-0.25, -0.2) is 4.98 Å². The van der Waals surface area contributed by atoms with Crippen molar-refractivity contribution in [2.45, 2.75) is 18.7 Å². The fraction of sp³-hybridized carbons (Fsp3) is 0.300. The number of hydrogen-bond donors (Lipinski definition) is 2. The van der Waals surface area contributed by atoms with E-state index in [0.29, 0.717) is 11.5 Å². The van der Waals surface area contributed by atoms with Crippen LogP contribution in [0.4, 0.5) is 11.8 Å². The predicted octanol–water partition coefficient (Wildman–Crippen LogP) is 1.65. The summed E-state index contributed by atoms with van der Waals surface area (Å²) in [5.74, 6) is 0.556. The molecular weight excluding hydrogens is 270 g/mol. The number of pyridine rings is 1. The van der Waals surface area contributed by atoms with Gasteiger partial charge < -0.3 is 11.5 Å². The van der Waals surface area contributed by atoms with Gasteiger partial charge in [0.05, 0.1) is 5.39 Å². The van der Waals surface area contributed by atoms with E-state index in [2.05, 4.69) is 37.8 Å². The molecule has 0 saturated carbocycles. The third-order valence-corrected chi connectivity index (χ3v) is 3.07. The number of aromatic nitrogens is 3. The number of fused-ring (bicyclic) bond motifs is 1. The molecule has 0 aliphatic heterocycles. The molecule has 0 aliphatic carbocycles. The van der Waals surface area contributed by atoms with Crippen molar-refractivity contribution < 1.29 is 0 Å². The van der Waals surface area contributed by atoms with Gasteiger partial charge in [0.2, 0.25) is 5.95 Å². The molecule has 2 heterocycles. The Hall–Kier alpha value is -1.43. The van der Waals surface area contributed by atoms with Crippen molar-refractivity contribution in [1.29, 1.82) is 0 Å². The highest BCUT2D eigenvalue weighted by Gasteiger charge is 2.12. The molecular formula is C10H12BrN5. The van der Waals surface area contributed by atoms with Crippen LogP contribution in [0.3, 0.4) is 0 Å². The topological polar surface area (TPSA) is 90.7 Å². The van der Waals surface area contributed by atoms with Gasteiger partial charge in [-0.05, 0) is 17.5 Å². The summed E-state index contributed by atoms with van der Waals surface area (Å²) in [6, 6.07) is 0. The molecule has 0 amide bonds. The minimum atomic E-state index is 0.158. The minimum absolute atomic E-state index is 0.158. The standard InChI is InChI=1S/C10H12BrN5/c1-2-6-5(3-11)4-14-9-7(6)8(12)15-10(13)16-9/h4H,2-3H2,1H3,(H4,12,13,14,15,16). The summed E-state index contributed by atoms with van der Waals surface area (Å²) in [7, 11) is 0. The van der Waals surface area contributed by atoms with Crippen LogP contribution in [0.1, 0.15) is 18.1 Å². The smallest absolute Gasteiger partial charge is 0.224 e. The van der Waals surface area contributed by atoms with E-state index in [9.17, 15) is 0 Å². The number of hydrogen-bond acceptors (Lipinski definition) is 5.